The maximum absolute atomic E-state index is 12.0. The van der Waals surface area contributed by atoms with Crippen LogP contribution < -0.4 is 0 Å². The van der Waals surface area contributed by atoms with E-state index in [9.17, 15) is 9.59 Å². The lowest BCUT2D eigenvalue weighted by molar-refractivity contribution is -0.134. The van der Waals surface area contributed by atoms with Gasteiger partial charge in [-0.25, -0.2) is 0 Å². The van der Waals surface area contributed by atoms with Crippen molar-refractivity contribution in [2.24, 2.45) is 11.8 Å². The van der Waals surface area contributed by atoms with E-state index in [1.54, 1.807) is 7.11 Å². The number of hydrogen-bond acceptors (Lipinski definition) is 3. The van der Waals surface area contributed by atoms with Gasteiger partial charge >= 0.3 is 0 Å². The first kappa shape index (κ1) is 14.4. The van der Waals surface area contributed by atoms with Crippen LogP contribution in [-0.4, -0.2) is 25.3 Å². The second-order valence-electron chi connectivity index (χ2n) is 4.92. The highest BCUT2D eigenvalue weighted by Crippen LogP contribution is 2.33. The van der Waals surface area contributed by atoms with Gasteiger partial charge < -0.3 is 4.74 Å². The minimum absolute atomic E-state index is 0.00643. The van der Waals surface area contributed by atoms with E-state index in [0.717, 1.165) is 32.1 Å². The molecule has 0 N–H and O–H groups in total. The molecule has 1 saturated carbocycles. The summed E-state index contributed by atoms with van der Waals surface area (Å²) >= 11 is 0. The Morgan fingerprint density at radius 3 is 2.06 bits per heavy atom. The van der Waals surface area contributed by atoms with Gasteiger partial charge in [0.2, 0.25) is 0 Å². The molecule has 2 atom stereocenters. The maximum Gasteiger partial charge on any atom is 0.138 e. The standard InChI is InChI=1S/C14H24O3/c1-3-6-13(15)11-7-4-5-8-12(11)14(16)9-10-17-2/h11-12H,3-10H2,1-2H3. The first-order chi connectivity index (χ1) is 8.20. The zero-order valence-electron chi connectivity index (χ0n) is 11.0. The molecule has 0 aromatic heterocycles. The van der Waals surface area contributed by atoms with Gasteiger partial charge in [0.1, 0.15) is 11.6 Å². The van der Waals surface area contributed by atoms with Crippen molar-refractivity contribution >= 4 is 11.6 Å². The maximum atomic E-state index is 12.0. The van der Waals surface area contributed by atoms with E-state index >= 15 is 0 Å². The van der Waals surface area contributed by atoms with Crippen LogP contribution in [-0.2, 0) is 14.3 Å². The molecule has 0 spiro atoms. The molecule has 0 aromatic carbocycles. The average Bonchev–Trinajstić information content (AvgIpc) is 2.36. The summed E-state index contributed by atoms with van der Waals surface area (Å²) in [5, 5.41) is 0. The number of ketones is 2. The fraction of sp³-hybridized carbons (Fsp3) is 0.857. The molecule has 1 rings (SSSR count). The van der Waals surface area contributed by atoms with Crippen molar-refractivity contribution in [3.05, 3.63) is 0 Å². The number of hydrogen-bond donors (Lipinski definition) is 0. The molecular formula is C14H24O3. The van der Waals surface area contributed by atoms with E-state index in [2.05, 4.69) is 0 Å². The zero-order valence-corrected chi connectivity index (χ0v) is 11.0. The molecule has 0 saturated heterocycles. The van der Waals surface area contributed by atoms with E-state index in [1.807, 2.05) is 6.92 Å². The summed E-state index contributed by atoms with van der Waals surface area (Å²) in [5.41, 5.74) is 0. The molecule has 0 aromatic rings. The summed E-state index contributed by atoms with van der Waals surface area (Å²) in [7, 11) is 1.61. The fourth-order valence-electron chi connectivity index (χ4n) is 2.72. The van der Waals surface area contributed by atoms with Gasteiger partial charge in [-0.2, -0.15) is 0 Å². The summed E-state index contributed by atoms with van der Waals surface area (Å²) in [6.45, 7) is 2.49. The summed E-state index contributed by atoms with van der Waals surface area (Å²) in [6.07, 6.45) is 5.93. The molecule has 3 nitrogen and oxygen atoms in total. The van der Waals surface area contributed by atoms with Crippen LogP contribution in [0.25, 0.3) is 0 Å². The van der Waals surface area contributed by atoms with Gasteiger partial charge in [-0.3, -0.25) is 9.59 Å². The molecular weight excluding hydrogens is 216 g/mol. The van der Waals surface area contributed by atoms with Crippen LogP contribution in [0.1, 0.15) is 51.9 Å². The van der Waals surface area contributed by atoms with Gasteiger partial charge in [-0.1, -0.05) is 19.8 Å². The van der Waals surface area contributed by atoms with E-state index in [0.29, 0.717) is 25.2 Å². The number of carbonyl (C=O) groups excluding carboxylic acids is 2. The number of methoxy groups -OCH3 is 1. The van der Waals surface area contributed by atoms with Gasteiger partial charge in [0.15, 0.2) is 0 Å². The molecule has 0 amide bonds. The summed E-state index contributed by atoms with van der Waals surface area (Å²) < 4.78 is 4.94. The molecule has 1 aliphatic rings. The molecule has 1 aliphatic carbocycles. The predicted octanol–water partition coefficient (Wildman–Crippen LogP) is 2.77. The number of carbonyl (C=O) groups is 2. The van der Waals surface area contributed by atoms with Crippen molar-refractivity contribution in [3.63, 3.8) is 0 Å². The average molecular weight is 240 g/mol. The van der Waals surface area contributed by atoms with Crippen molar-refractivity contribution in [1.82, 2.24) is 0 Å². The van der Waals surface area contributed by atoms with Crippen molar-refractivity contribution in [2.75, 3.05) is 13.7 Å². The van der Waals surface area contributed by atoms with E-state index in [1.165, 1.54) is 0 Å². The zero-order chi connectivity index (χ0) is 12.7. The van der Waals surface area contributed by atoms with Gasteiger partial charge in [-0.15, -0.1) is 0 Å². The SMILES string of the molecule is CCCC(=O)C1CCCCC1C(=O)CCOC. The van der Waals surface area contributed by atoms with E-state index in [-0.39, 0.29) is 17.6 Å². The minimum Gasteiger partial charge on any atom is -0.384 e. The molecule has 2 unspecified atom stereocenters. The Hall–Kier alpha value is -0.700. The van der Waals surface area contributed by atoms with Crippen molar-refractivity contribution in [2.45, 2.75) is 51.9 Å². The van der Waals surface area contributed by atoms with Crippen LogP contribution in [0.3, 0.4) is 0 Å². The molecule has 98 valence electrons. The van der Waals surface area contributed by atoms with Crippen LogP contribution in [0.4, 0.5) is 0 Å². The highest BCUT2D eigenvalue weighted by Gasteiger charge is 2.34. The highest BCUT2D eigenvalue weighted by atomic mass is 16.5. The third-order valence-corrected chi connectivity index (χ3v) is 3.64. The molecule has 0 heterocycles. The Labute approximate surface area is 104 Å². The molecule has 1 fully saturated rings. The Morgan fingerprint density at radius 1 is 1.06 bits per heavy atom. The predicted molar refractivity (Wildman–Crippen MR) is 66.9 cm³/mol. The number of Topliss-reactive ketones (excluding diaryl/α,β-unsaturated/α-hetero) is 2. The Morgan fingerprint density at radius 2 is 1.59 bits per heavy atom. The summed E-state index contributed by atoms with van der Waals surface area (Å²) in [6, 6.07) is 0. The quantitative estimate of drug-likeness (QED) is 0.687. The monoisotopic (exact) mass is 240 g/mol. The van der Waals surface area contributed by atoms with Crippen LogP contribution in [0.5, 0.6) is 0 Å². The number of ether oxygens (including phenoxy) is 1. The van der Waals surface area contributed by atoms with Crippen LogP contribution in [0, 0.1) is 11.8 Å². The highest BCUT2D eigenvalue weighted by molar-refractivity contribution is 5.90. The summed E-state index contributed by atoms with van der Waals surface area (Å²) in [5.74, 6) is 0.481. The van der Waals surface area contributed by atoms with Gasteiger partial charge in [-0.05, 0) is 19.3 Å². The van der Waals surface area contributed by atoms with Crippen LogP contribution >= 0.6 is 0 Å². The lowest BCUT2D eigenvalue weighted by Gasteiger charge is -2.29. The van der Waals surface area contributed by atoms with Gasteiger partial charge in [0.05, 0.1) is 6.61 Å². The van der Waals surface area contributed by atoms with Gasteiger partial charge in [0, 0.05) is 31.8 Å². The van der Waals surface area contributed by atoms with Crippen LogP contribution in [0.15, 0.2) is 0 Å². The lowest BCUT2D eigenvalue weighted by Crippen LogP contribution is -2.33. The molecule has 3 heteroatoms. The lowest BCUT2D eigenvalue weighted by atomic mass is 9.73. The van der Waals surface area contributed by atoms with Crippen LogP contribution in [0.2, 0.25) is 0 Å². The third-order valence-electron chi connectivity index (χ3n) is 3.64. The minimum atomic E-state index is -0.0297. The van der Waals surface area contributed by atoms with E-state index < -0.39 is 0 Å². The van der Waals surface area contributed by atoms with Crippen molar-refractivity contribution in [1.29, 1.82) is 0 Å². The normalized spacial score (nSPS) is 24.6. The van der Waals surface area contributed by atoms with Gasteiger partial charge in [0.25, 0.3) is 0 Å². The van der Waals surface area contributed by atoms with E-state index in [4.69, 9.17) is 4.74 Å². The smallest absolute Gasteiger partial charge is 0.138 e. The largest absolute Gasteiger partial charge is 0.384 e. The molecule has 0 radical (unpaired) electrons. The molecule has 17 heavy (non-hydrogen) atoms. The third kappa shape index (κ3) is 4.23. The second kappa shape index (κ2) is 7.59. The Bertz CT molecular complexity index is 260. The first-order valence-corrected chi connectivity index (χ1v) is 6.75. The topological polar surface area (TPSA) is 43.4 Å². The molecule has 0 aliphatic heterocycles. The molecule has 0 bridgehead atoms. The Kier molecular flexibility index (Phi) is 6.41. The second-order valence-corrected chi connectivity index (χ2v) is 4.92. The van der Waals surface area contributed by atoms with Crippen molar-refractivity contribution in [3.8, 4) is 0 Å². The Balaban J connectivity index is 2.58. The summed E-state index contributed by atoms with van der Waals surface area (Å²) in [4.78, 5) is 24.0. The first-order valence-electron chi connectivity index (χ1n) is 6.75. The van der Waals surface area contributed by atoms with Crippen molar-refractivity contribution < 1.29 is 14.3 Å². The fourth-order valence-corrected chi connectivity index (χ4v) is 2.72. The number of rotatable bonds is 7.